The van der Waals surface area contributed by atoms with E-state index in [9.17, 15) is 0 Å². The minimum atomic E-state index is 0. The summed E-state index contributed by atoms with van der Waals surface area (Å²) in [5.41, 5.74) is 0. The van der Waals surface area contributed by atoms with Crippen LogP contribution in [-0.2, 0) is 0 Å². The smallest absolute Gasteiger partial charge is 0 e. The fourth-order valence-corrected chi connectivity index (χ4v) is 13.0. The molecule has 0 aromatic carbocycles. The van der Waals surface area contributed by atoms with E-state index in [2.05, 4.69) is 58.7 Å². The van der Waals surface area contributed by atoms with E-state index in [1.54, 1.807) is 12.8 Å². The molecule has 0 bridgehead atoms. The van der Waals surface area contributed by atoms with E-state index in [4.69, 9.17) is 0 Å². The molecule has 54 heavy (non-hydrogen) atoms. The molecule has 0 atom stereocenters. The molecule has 0 heteroatoms. The maximum atomic E-state index is 3.97. The van der Waals surface area contributed by atoms with Gasteiger partial charge in [-0.05, 0) is 187 Å². The fraction of sp³-hybridized carbons (Fsp3) is 0.889. The Morgan fingerprint density at radius 2 is 0.574 bits per heavy atom. The lowest BCUT2D eigenvalue weighted by Gasteiger charge is -2.37. The van der Waals surface area contributed by atoms with Crippen LogP contribution in [0.1, 0.15) is 241 Å². The van der Waals surface area contributed by atoms with Crippen LogP contribution in [0.4, 0.5) is 0 Å². The van der Waals surface area contributed by atoms with Gasteiger partial charge in [0.25, 0.3) is 0 Å². The molecule has 0 aromatic heterocycles. The summed E-state index contributed by atoms with van der Waals surface area (Å²) in [5, 5.41) is 0. The second kappa shape index (κ2) is 27.0. The molecule has 6 saturated carbocycles. The van der Waals surface area contributed by atoms with Gasteiger partial charge < -0.3 is 0 Å². The monoisotopic (exact) mass is 757 g/mol. The molecule has 6 aliphatic carbocycles. The molecule has 0 radical (unpaired) electrons. The number of allylic oxidation sites excluding steroid dienone is 3. The van der Waals surface area contributed by atoms with Crippen molar-refractivity contribution in [1.82, 2.24) is 0 Å². The SMILES string of the molecule is C=CC1CCC(C2CCC(CCC)CC2)CC1.C=CC1CCC(C2CCC(CCCC)CC2)CC1.C=CC1CCC(C2CCC(CCCCC)CC2)CC1.[HH].[HH].[HH].[HH].[HH].[HH]. The normalized spacial score (nSPS) is 37.4. The number of unbranched alkanes of at least 4 members (excludes halogenated alkanes) is 3. The molecule has 6 rings (SSSR count). The molecule has 0 saturated heterocycles. The fourth-order valence-electron chi connectivity index (χ4n) is 13.0. The summed E-state index contributed by atoms with van der Waals surface area (Å²) < 4.78 is 0. The quantitative estimate of drug-likeness (QED) is 0.115. The minimum Gasteiger partial charge on any atom is -0.103 e. The van der Waals surface area contributed by atoms with Gasteiger partial charge in [0.05, 0.1) is 0 Å². The van der Waals surface area contributed by atoms with Crippen molar-refractivity contribution in [2.75, 3.05) is 0 Å². The van der Waals surface area contributed by atoms with Crippen LogP contribution in [0.25, 0.3) is 0 Å². The zero-order valence-electron chi connectivity index (χ0n) is 37.1. The predicted molar refractivity (Wildman–Crippen MR) is 255 cm³/mol. The molecule has 6 aliphatic rings. The molecule has 6 fully saturated rings. The Bertz CT molecular complexity index is 955. The van der Waals surface area contributed by atoms with Gasteiger partial charge in [-0.1, -0.05) is 135 Å². The third-order valence-electron chi connectivity index (χ3n) is 17.0. The van der Waals surface area contributed by atoms with E-state index in [-0.39, 0.29) is 8.56 Å². The predicted octanol–water partition coefficient (Wildman–Crippen LogP) is 19.4. The molecular formula is C54H108. The van der Waals surface area contributed by atoms with Crippen molar-refractivity contribution >= 4 is 0 Å². The van der Waals surface area contributed by atoms with Crippen molar-refractivity contribution in [3.05, 3.63) is 38.0 Å². The van der Waals surface area contributed by atoms with Crippen LogP contribution >= 0.6 is 0 Å². The van der Waals surface area contributed by atoms with Crippen molar-refractivity contribution < 1.29 is 8.56 Å². The average molecular weight is 757 g/mol. The molecule has 0 spiro atoms. The maximum absolute atomic E-state index is 3.97. The third-order valence-corrected chi connectivity index (χ3v) is 17.0. The second-order valence-electron chi connectivity index (χ2n) is 20.5. The molecule has 0 aromatic rings. The van der Waals surface area contributed by atoms with Crippen LogP contribution in [0.15, 0.2) is 38.0 Å². The van der Waals surface area contributed by atoms with Crippen LogP contribution in [0.3, 0.4) is 0 Å². The topological polar surface area (TPSA) is 0 Å². The Labute approximate surface area is 349 Å². The molecule has 0 nitrogen and oxygen atoms in total. The summed E-state index contributed by atoms with van der Waals surface area (Å²) in [6.45, 7) is 18.9. The van der Waals surface area contributed by atoms with Gasteiger partial charge in [-0.25, -0.2) is 0 Å². The lowest BCUT2D eigenvalue weighted by atomic mass is 9.68. The van der Waals surface area contributed by atoms with Gasteiger partial charge in [0.2, 0.25) is 0 Å². The molecule has 0 unspecified atom stereocenters. The molecular weight excluding hydrogens is 649 g/mol. The van der Waals surface area contributed by atoms with Crippen molar-refractivity contribution in [3.8, 4) is 0 Å². The van der Waals surface area contributed by atoms with E-state index in [0.29, 0.717) is 0 Å². The van der Waals surface area contributed by atoms with Crippen molar-refractivity contribution in [1.29, 1.82) is 0 Å². The zero-order chi connectivity index (χ0) is 38.4. The zero-order valence-corrected chi connectivity index (χ0v) is 37.1. The Balaban J connectivity index is -0.000000775. The highest BCUT2D eigenvalue weighted by molar-refractivity contribution is 4.90. The van der Waals surface area contributed by atoms with Crippen molar-refractivity contribution in [2.45, 2.75) is 233 Å². The van der Waals surface area contributed by atoms with Gasteiger partial charge in [0.15, 0.2) is 0 Å². The minimum absolute atomic E-state index is 0. The van der Waals surface area contributed by atoms with Crippen LogP contribution in [0.2, 0.25) is 0 Å². The summed E-state index contributed by atoms with van der Waals surface area (Å²) in [6, 6.07) is 0. The first kappa shape index (κ1) is 45.9. The maximum Gasteiger partial charge on any atom is 0 e. The summed E-state index contributed by atoms with van der Waals surface area (Å²) in [6.07, 6.45) is 55.5. The standard InChI is InChI=1S/C19H34.C18H32.C17H30.6H2/c1-3-5-6-7-17-10-14-19(15-11-17)18-12-8-16(4-2)9-13-18;1-3-5-6-16-9-13-18(14-10-16)17-11-7-15(4-2)8-12-17;1-3-5-15-8-12-17(13-9-15)16-10-6-14(4-2)7-11-16;;;;;;/h4,16-19H,2-3,5-15H2,1H3;4,15-18H,2-3,5-14H2,1H3;4,14-17H,2-3,5-13H2,1H3;6*1H. The summed E-state index contributed by atoms with van der Waals surface area (Å²) >= 11 is 0. The summed E-state index contributed by atoms with van der Waals surface area (Å²) in [7, 11) is 0. The van der Waals surface area contributed by atoms with Crippen LogP contribution < -0.4 is 0 Å². The molecule has 324 valence electrons. The van der Waals surface area contributed by atoms with E-state index in [1.165, 1.54) is 199 Å². The third kappa shape index (κ3) is 16.2. The largest absolute Gasteiger partial charge is 0.103 e. The van der Waals surface area contributed by atoms with Gasteiger partial charge in [0, 0.05) is 8.56 Å². The lowest BCUT2D eigenvalue weighted by Crippen LogP contribution is -2.25. The van der Waals surface area contributed by atoms with E-state index >= 15 is 0 Å². The Morgan fingerprint density at radius 3 is 0.833 bits per heavy atom. The molecule has 0 heterocycles. The first-order valence-corrected chi connectivity index (χ1v) is 25.4. The average Bonchev–Trinajstić information content (AvgIpc) is 3.24. The molecule has 0 amide bonds. The van der Waals surface area contributed by atoms with Gasteiger partial charge in [-0.2, -0.15) is 0 Å². The highest BCUT2D eigenvalue weighted by Crippen LogP contribution is 2.45. The highest BCUT2D eigenvalue weighted by Gasteiger charge is 2.32. The number of hydrogen-bond acceptors (Lipinski definition) is 0. The van der Waals surface area contributed by atoms with Crippen molar-refractivity contribution in [2.24, 2.45) is 71.0 Å². The Morgan fingerprint density at radius 1 is 0.315 bits per heavy atom. The van der Waals surface area contributed by atoms with Crippen LogP contribution in [0.5, 0.6) is 0 Å². The lowest BCUT2D eigenvalue weighted by molar-refractivity contribution is 0.151. The second-order valence-corrected chi connectivity index (χ2v) is 20.5. The van der Waals surface area contributed by atoms with Gasteiger partial charge in [-0.15, -0.1) is 19.7 Å². The van der Waals surface area contributed by atoms with Gasteiger partial charge >= 0.3 is 0 Å². The molecule has 0 N–H and O–H groups in total. The van der Waals surface area contributed by atoms with Crippen molar-refractivity contribution in [3.63, 3.8) is 0 Å². The number of rotatable bonds is 15. The highest BCUT2D eigenvalue weighted by atomic mass is 14.4. The Kier molecular flexibility index (Phi) is 23.0. The van der Waals surface area contributed by atoms with E-state index < -0.39 is 0 Å². The first-order valence-electron chi connectivity index (χ1n) is 25.4. The molecule has 0 aliphatic heterocycles. The first-order chi connectivity index (χ1) is 26.5. The summed E-state index contributed by atoms with van der Waals surface area (Å²) in [4.78, 5) is 0. The van der Waals surface area contributed by atoms with Crippen LogP contribution in [0, 0.1) is 71.0 Å². The number of hydrogen-bond donors (Lipinski definition) is 0. The van der Waals surface area contributed by atoms with E-state index in [1.807, 2.05) is 0 Å². The Hall–Kier alpha value is -0.780. The summed E-state index contributed by atoms with van der Waals surface area (Å²) in [5.74, 6) is 12.1. The van der Waals surface area contributed by atoms with Gasteiger partial charge in [-0.3, -0.25) is 0 Å². The van der Waals surface area contributed by atoms with Crippen LogP contribution in [-0.4, -0.2) is 0 Å². The van der Waals surface area contributed by atoms with E-state index in [0.717, 1.165) is 71.0 Å². The van der Waals surface area contributed by atoms with Gasteiger partial charge in [0.1, 0.15) is 0 Å².